The maximum Gasteiger partial charge on any atom is 0.309 e. The van der Waals surface area contributed by atoms with Gasteiger partial charge in [-0.15, -0.1) is 0 Å². The van der Waals surface area contributed by atoms with Gasteiger partial charge in [0.15, 0.2) is 0 Å². The molecule has 0 aliphatic carbocycles. The Morgan fingerprint density at radius 2 is 1.82 bits per heavy atom. The minimum atomic E-state index is -1.44. The Morgan fingerprint density at radius 3 is 2.56 bits per heavy atom. The Bertz CT molecular complexity index is 1510. The largest absolute Gasteiger partial charge is 0.492 e. The standard InChI is InChI=1S/C29H25Cl2FN2O5/c1-14-3-6-18(32)11-19(14)26-29(21-7-4-17(31)10-23(21)33-28(29)38)22(12-25(35)34-26)20-9-16(30)5-8-24(20)39-13-15(2)27(36)37/h3-11,15,22,26H,12-13H2,1-2H3,(H,33,38)(H,34,35)(H,36,37)/t15?,22-,26+,29-/m1/s1. The number of ether oxygens (including phenoxy) is 1. The number of halogens is 3. The van der Waals surface area contributed by atoms with Gasteiger partial charge in [-0.3, -0.25) is 14.4 Å². The molecule has 202 valence electrons. The lowest BCUT2D eigenvalue weighted by Gasteiger charge is -2.47. The van der Waals surface area contributed by atoms with Gasteiger partial charge in [-0.2, -0.15) is 0 Å². The minimum absolute atomic E-state index is 0.106. The van der Waals surface area contributed by atoms with Crippen LogP contribution in [0.3, 0.4) is 0 Å². The molecule has 3 aromatic carbocycles. The van der Waals surface area contributed by atoms with Gasteiger partial charge in [0.25, 0.3) is 0 Å². The lowest BCUT2D eigenvalue weighted by atomic mass is 9.59. The molecule has 5 rings (SSSR count). The zero-order chi connectivity index (χ0) is 28.1. The third-order valence-corrected chi connectivity index (χ3v) is 8.03. The van der Waals surface area contributed by atoms with E-state index in [2.05, 4.69) is 10.6 Å². The van der Waals surface area contributed by atoms with Crippen molar-refractivity contribution in [1.29, 1.82) is 0 Å². The molecular weight excluding hydrogens is 546 g/mol. The number of carboxylic acids is 1. The number of carboxylic acid groups (broad SMARTS) is 1. The summed E-state index contributed by atoms with van der Waals surface area (Å²) in [4.78, 5) is 38.9. The highest BCUT2D eigenvalue weighted by Gasteiger charge is 2.61. The molecule has 4 atom stereocenters. The van der Waals surface area contributed by atoms with Crippen molar-refractivity contribution in [2.24, 2.45) is 5.92 Å². The second-order valence-corrected chi connectivity index (χ2v) is 10.9. The Morgan fingerprint density at radius 1 is 1.10 bits per heavy atom. The lowest BCUT2D eigenvalue weighted by Crippen LogP contribution is -2.57. The van der Waals surface area contributed by atoms with Crippen LogP contribution in [0, 0.1) is 18.7 Å². The van der Waals surface area contributed by atoms with Gasteiger partial charge in [0, 0.05) is 33.6 Å². The molecule has 0 radical (unpaired) electrons. The van der Waals surface area contributed by atoms with E-state index in [1.165, 1.54) is 19.1 Å². The summed E-state index contributed by atoms with van der Waals surface area (Å²) in [5.41, 5.74) is 1.24. The Hall–Kier alpha value is -3.62. The topological polar surface area (TPSA) is 105 Å². The highest BCUT2D eigenvalue weighted by Crippen LogP contribution is 2.59. The highest BCUT2D eigenvalue weighted by molar-refractivity contribution is 6.31. The fourth-order valence-electron chi connectivity index (χ4n) is 5.65. The molecule has 2 heterocycles. The van der Waals surface area contributed by atoms with Crippen molar-refractivity contribution in [3.05, 3.63) is 92.7 Å². The summed E-state index contributed by atoms with van der Waals surface area (Å²) in [6, 6.07) is 13.2. The van der Waals surface area contributed by atoms with Crippen LogP contribution in [-0.4, -0.2) is 29.5 Å². The van der Waals surface area contributed by atoms with E-state index in [0.29, 0.717) is 43.7 Å². The van der Waals surface area contributed by atoms with Gasteiger partial charge in [-0.25, -0.2) is 4.39 Å². The van der Waals surface area contributed by atoms with Crippen molar-refractivity contribution in [2.75, 3.05) is 11.9 Å². The predicted molar refractivity (Wildman–Crippen MR) is 145 cm³/mol. The fourth-order valence-corrected chi connectivity index (χ4v) is 6.00. The van der Waals surface area contributed by atoms with Gasteiger partial charge in [-0.1, -0.05) is 35.3 Å². The number of benzene rings is 3. The number of aliphatic carboxylic acids is 1. The van der Waals surface area contributed by atoms with E-state index in [4.69, 9.17) is 27.9 Å². The van der Waals surface area contributed by atoms with Crippen LogP contribution in [0.25, 0.3) is 0 Å². The molecule has 3 aromatic rings. The smallest absolute Gasteiger partial charge is 0.309 e. The molecule has 1 saturated heterocycles. The normalized spacial score (nSPS) is 22.7. The Kier molecular flexibility index (Phi) is 7.03. The molecular formula is C29H25Cl2FN2O5. The van der Waals surface area contributed by atoms with Crippen molar-refractivity contribution in [3.63, 3.8) is 0 Å². The van der Waals surface area contributed by atoms with Crippen LogP contribution < -0.4 is 15.4 Å². The van der Waals surface area contributed by atoms with Gasteiger partial charge < -0.3 is 20.5 Å². The van der Waals surface area contributed by atoms with Crippen molar-refractivity contribution in [3.8, 4) is 5.75 Å². The maximum absolute atomic E-state index is 14.6. The number of hydrogen-bond acceptors (Lipinski definition) is 4. The van der Waals surface area contributed by atoms with E-state index in [0.717, 1.165) is 0 Å². The summed E-state index contributed by atoms with van der Waals surface area (Å²) in [5.74, 6) is -3.60. The quantitative estimate of drug-likeness (QED) is 0.348. The van der Waals surface area contributed by atoms with Crippen LogP contribution in [-0.2, 0) is 19.8 Å². The maximum atomic E-state index is 14.6. The summed E-state index contributed by atoms with van der Waals surface area (Å²) in [6.07, 6.45) is -0.106. The molecule has 0 aromatic heterocycles. The van der Waals surface area contributed by atoms with E-state index in [1.807, 2.05) is 0 Å². The first-order valence-corrected chi connectivity index (χ1v) is 13.1. The van der Waals surface area contributed by atoms with E-state index in [1.54, 1.807) is 49.4 Å². The first-order valence-electron chi connectivity index (χ1n) is 12.3. The van der Waals surface area contributed by atoms with Gasteiger partial charge in [0.1, 0.15) is 23.6 Å². The monoisotopic (exact) mass is 570 g/mol. The number of hydrogen-bond donors (Lipinski definition) is 3. The zero-order valence-corrected chi connectivity index (χ0v) is 22.6. The number of fused-ring (bicyclic) bond motifs is 2. The van der Waals surface area contributed by atoms with Crippen LogP contribution in [0.1, 0.15) is 47.6 Å². The number of piperidine rings is 1. The van der Waals surface area contributed by atoms with Crippen LogP contribution in [0.5, 0.6) is 5.75 Å². The number of carbonyl (C=O) groups excluding carboxylic acids is 2. The third-order valence-electron chi connectivity index (χ3n) is 7.56. The summed E-state index contributed by atoms with van der Waals surface area (Å²) in [7, 11) is 0. The molecule has 0 bridgehead atoms. The second kappa shape index (κ2) is 10.2. The summed E-state index contributed by atoms with van der Waals surface area (Å²) in [5, 5.41) is 16.0. The molecule has 2 aliphatic heterocycles. The Balaban J connectivity index is 1.77. The number of aryl methyl sites for hydroxylation is 1. The molecule has 2 amide bonds. The van der Waals surface area contributed by atoms with Gasteiger partial charge in [0.2, 0.25) is 11.8 Å². The molecule has 3 N–H and O–H groups in total. The van der Waals surface area contributed by atoms with Crippen molar-refractivity contribution in [1.82, 2.24) is 5.32 Å². The van der Waals surface area contributed by atoms with Crippen molar-refractivity contribution < 1.29 is 28.6 Å². The van der Waals surface area contributed by atoms with Crippen LogP contribution in [0.15, 0.2) is 54.6 Å². The lowest BCUT2D eigenvalue weighted by molar-refractivity contribution is -0.142. The SMILES string of the molecule is Cc1ccc(F)cc1[C@@H]1NC(=O)C[C@H](c2cc(Cl)ccc2OCC(C)C(=O)O)[C@@]12C(=O)Nc1cc(Cl)ccc12. The number of amides is 2. The number of rotatable bonds is 6. The average molecular weight is 571 g/mol. The van der Waals surface area contributed by atoms with Crippen LogP contribution in [0.4, 0.5) is 10.1 Å². The van der Waals surface area contributed by atoms with E-state index < -0.39 is 41.0 Å². The van der Waals surface area contributed by atoms with Crippen LogP contribution >= 0.6 is 23.2 Å². The summed E-state index contributed by atoms with van der Waals surface area (Å²) >= 11 is 12.7. The first kappa shape index (κ1) is 27.0. The summed E-state index contributed by atoms with van der Waals surface area (Å²) < 4.78 is 20.5. The molecule has 39 heavy (non-hydrogen) atoms. The second-order valence-electron chi connectivity index (χ2n) is 10.0. The first-order chi connectivity index (χ1) is 18.5. The highest BCUT2D eigenvalue weighted by atomic mass is 35.5. The summed E-state index contributed by atoms with van der Waals surface area (Å²) in [6.45, 7) is 3.16. The third kappa shape index (κ3) is 4.61. The molecule has 0 saturated carbocycles. The van der Waals surface area contributed by atoms with Crippen molar-refractivity contribution >= 4 is 46.7 Å². The number of nitrogens with one attached hydrogen (secondary N) is 2. The van der Waals surface area contributed by atoms with E-state index in [-0.39, 0.29) is 18.9 Å². The van der Waals surface area contributed by atoms with Gasteiger partial charge in [-0.05, 0) is 73.0 Å². The van der Waals surface area contributed by atoms with Gasteiger partial charge in [0.05, 0.1) is 12.0 Å². The molecule has 7 nitrogen and oxygen atoms in total. The van der Waals surface area contributed by atoms with E-state index in [9.17, 15) is 23.9 Å². The molecule has 1 fully saturated rings. The molecule has 10 heteroatoms. The Labute approximate surface area is 234 Å². The molecule has 2 aliphatic rings. The molecule has 1 unspecified atom stereocenters. The predicted octanol–water partition coefficient (Wildman–Crippen LogP) is 5.78. The number of carbonyl (C=O) groups is 3. The minimum Gasteiger partial charge on any atom is -0.492 e. The van der Waals surface area contributed by atoms with Crippen molar-refractivity contribution in [2.45, 2.75) is 37.6 Å². The van der Waals surface area contributed by atoms with Gasteiger partial charge >= 0.3 is 5.97 Å². The fraction of sp³-hybridized carbons (Fsp3) is 0.276. The van der Waals surface area contributed by atoms with Crippen LogP contribution in [0.2, 0.25) is 10.0 Å². The van der Waals surface area contributed by atoms with E-state index >= 15 is 0 Å². The zero-order valence-electron chi connectivity index (χ0n) is 21.1. The number of anilines is 1. The molecule has 1 spiro atoms. The average Bonchev–Trinajstić information content (AvgIpc) is 3.16.